The van der Waals surface area contributed by atoms with E-state index in [-0.39, 0.29) is 0 Å². The highest BCUT2D eigenvalue weighted by Gasteiger charge is 2.29. The molecule has 0 bridgehead atoms. The molecule has 0 amide bonds. The second kappa shape index (κ2) is 8.25. The Morgan fingerprint density at radius 3 is 2.50 bits per heavy atom. The van der Waals surface area contributed by atoms with Crippen LogP contribution in [0.3, 0.4) is 0 Å². The molecule has 24 heavy (non-hydrogen) atoms. The summed E-state index contributed by atoms with van der Waals surface area (Å²) in [6.45, 7) is 5.66. The first-order valence-corrected chi connectivity index (χ1v) is 8.15. The van der Waals surface area contributed by atoms with Crippen LogP contribution in [0.2, 0.25) is 0 Å². The van der Waals surface area contributed by atoms with E-state index >= 15 is 0 Å². The number of anilines is 1. The largest absolute Gasteiger partial charge is 0.468 e. The van der Waals surface area contributed by atoms with E-state index in [0.29, 0.717) is 17.0 Å². The summed E-state index contributed by atoms with van der Waals surface area (Å²) < 4.78 is 4.77. The SMILES string of the molecule is CCCCN(CC)c1nc2ccccc2nc1[C@@H](C#N)C(=O)OC. The van der Waals surface area contributed by atoms with Crippen molar-refractivity contribution in [2.45, 2.75) is 32.6 Å². The maximum Gasteiger partial charge on any atom is 0.329 e. The van der Waals surface area contributed by atoms with Crippen LogP contribution in [0.15, 0.2) is 24.3 Å². The number of unbranched alkanes of at least 4 members (excludes halogenated alkanes) is 1. The summed E-state index contributed by atoms with van der Waals surface area (Å²) in [6.07, 6.45) is 2.04. The van der Waals surface area contributed by atoms with Gasteiger partial charge in [0.15, 0.2) is 11.7 Å². The smallest absolute Gasteiger partial charge is 0.329 e. The first-order valence-electron chi connectivity index (χ1n) is 8.15. The zero-order chi connectivity index (χ0) is 17.5. The van der Waals surface area contributed by atoms with Crippen LogP contribution in [0, 0.1) is 11.3 Å². The van der Waals surface area contributed by atoms with Gasteiger partial charge in [-0.1, -0.05) is 25.5 Å². The van der Waals surface area contributed by atoms with Gasteiger partial charge in [-0.05, 0) is 25.5 Å². The third-order valence-electron chi connectivity index (χ3n) is 3.88. The summed E-state index contributed by atoms with van der Waals surface area (Å²) >= 11 is 0. The topological polar surface area (TPSA) is 79.1 Å². The summed E-state index contributed by atoms with van der Waals surface area (Å²) in [4.78, 5) is 23.3. The number of para-hydroxylation sites is 2. The van der Waals surface area contributed by atoms with E-state index in [0.717, 1.165) is 31.4 Å². The molecule has 6 heteroatoms. The van der Waals surface area contributed by atoms with E-state index in [1.54, 1.807) is 0 Å². The van der Waals surface area contributed by atoms with Gasteiger partial charge in [-0.3, -0.25) is 4.79 Å². The average Bonchev–Trinajstić information content (AvgIpc) is 2.62. The van der Waals surface area contributed by atoms with Gasteiger partial charge in [0.05, 0.1) is 24.2 Å². The zero-order valence-corrected chi connectivity index (χ0v) is 14.3. The molecule has 2 aromatic rings. The molecule has 0 radical (unpaired) electrons. The lowest BCUT2D eigenvalue weighted by Gasteiger charge is -2.25. The fraction of sp³-hybridized carbons (Fsp3) is 0.444. The molecule has 0 saturated heterocycles. The van der Waals surface area contributed by atoms with E-state index in [1.807, 2.05) is 37.3 Å². The van der Waals surface area contributed by atoms with Crippen molar-refractivity contribution >= 4 is 22.8 Å². The van der Waals surface area contributed by atoms with Gasteiger partial charge >= 0.3 is 5.97 Å². The molecule has 0 spiro atoms. The molecular weight excluding hydrogens is 304 g/mol. The molecule has 0 aliphatic rings. The van der Waals surface area contributed by atoms with E-state index < -0.39 is 11.9 Å². The summed E-state index contributed by atoms with van der Waals surface area (Å²) in [7, 11) is 1.27. The highest BCUT2D eigenvalue weighted by molar-refractivity contribution is 5.85. The fourth-order valence-electron chi connectivity index (χ4n) is 2.54. The average molecular weight is 326 g/mol. The Morgan fingerprint density at radius 1 is 1.29 bits per heavy atom. The van der Waals surface area contributed by atoms with Crippen LogP contribution < -0.4 is 4.90 Å². The Balaban J connectivity index is 2.62. The highest BCUT2D eigenvalue weighted by Crippen LogP contribution is 2.28. The van der Waals surface area contributed by atoms with E-state index in [4.69, 9.17) is 4.74 Å². The summed E-state index contributed by atoms with van der Waals surface area (Å²) in [5.74, 6) is -1.12. The molecule has 1 atom stereocenters. The van der Waals surface area contributed by atoms with Crippen molar-refractivity contribution in [3.05, 3.63) is 30.0 Å². The van der Waals surface area contributed by atoms with Crippen molar-refractivity contribution in [3.8, 4) is 6.07 Å². The number of carbonyl (C=O) groups is 1. The molecule has 0 fully saturated rings. The van der Waals surface area contributed by atoms with Gasteiger partial charge in [0.25, 0.3) is 0 Å². The predicted octanol–water partition coefficient (Wildman–Crippen LogP) is 3.04. The molecule has 1 heterocycles. The molecule has 1 aromatic heterocycles. The van der Waals surface area contributed by atoms with Crippen molar-refractivity contribution in [2.75, 3.05) is 25.1 Å². The van der Waals surface area contributed by atoms with Crippen LogP contribution in [0.1, 0.15) is 38.3 Å². The Kier molecular flexibility index (Phi) is 6.07. The van der Waals surface area contributed by atoms with Crippen molar-refractivity contribution in [1.82, 2.24) is 9.97 Å². The van der Waals surface area contributed by atoms with Crippen LogP contribution in [-0.2, 0) is 9.53 Å². The van der Waals surface area contributed by atoms with Crippen molar-refractivity contribution in [3.63, 3.8) is 0 Å². The lowest BCUT2D eigenvalue weighted by atomic mass is 10.1. The zero-order valence-electron chi connectivity index (χ0n) is 14.3. The van der Waals surface area contributed by atoms with Crippen LogP contribution >= 0.6 is 0 Å². The lowest BCUT2D eigenvalue weighted by molar-refractivity contribution is -0.141. The van der Waals surface area contributed by atoms with Crippen LogP contribution in [-0.4, -0.2) is 36.1 Å². The molecule has 0 aliphatic carbocycles. The van der Waals surface area contributed by atoms with E-state index in [2.05, 4.69) is 21.8 Å². The van der Waals surface area contributed by atoms with Crippen LogP contribution in [0.4, 0.5) is 5.82 Å². The number of hydrogen-bond acceptors (Lipinski definition) is 6. The van der Waals surface area contributed by atoms with Crippen LogP contribution in [0.25, 0.3) is 11.0 Å². The maximum atomic E-state index is 12.0. The van der Waals surface area contributed by atoms with Gasteiger partial charge in [-0.2, -0.15) is 5.26 Å². The highest BCUT2D eigenvalue weighted by atomic mass is 16.5. The normalized spacial score (nSPS) is 11.8. The minimum atomic E-state index is -1.09. The fourth-order valence-corrected chi connectivity index (χ4v) is 2.54. The molecule has 0 unspecified atom stereocenters. The number of aromatic nitrogens is 2. The number of benzene rings is 1. The number of esters is 1. The number of rotatable bonds is 7. The maximum absolute atomic E-state index is 12.0. The first-order chi connectivity index (χ1) is 11.7. The number of carbonyl (C=O) groups excluding carboxylic acids is 1. The molecule has 1 aromatic carbocycles. The summed E-state index contributed by atoms with van der Waals surface area (Å²) in [5, 5.41) is 9.47. The van der Waals surface area contributed by atoms with Gasteiger partial charge in [0.1, 0.15) is 5.69 Å². The van der Waals surface area contributed by atoms with Gasteiger partial charge in [-0.15, -0.1) is 0 Å². The molecular formula is C18H22N4O2. The Bertz CT molecular complexity index is 754. The molecule has 0 saturated carbocycles. The van der Waals surface area contributed by atoms with E-state index in [1.165, 1.54) is 7.11 Å². The van der Waals surface area contributed by atoms with Gasteiger partial charge in [-0.25, -0.2) is 9.97 Å². The Morgan fingerprint density at radius 2 is 1.96 bits per heavy atom. The first kappa shape index (κ1) is 17.7. The monoisotopic (exact) mass is 326 g/mol. The number of hydrogen-bond donors (Lipinski definition) is 0. The Labute approximate surface area is 142 Å². The van der Waals surface area contributed by atoms with Gasteiger partial charge in [0, 0.05) is 13.1 Å². The predicted molar refractivity (Wildman–Crippen MR) is 92.7 cm³/mol. The third-order valence-corrected chi connectivity index (χ3v) is 3.88. The minimum Gasteiger partial charge on any atom is -0.468 e. The van der Waals surface area contributed by atoms with Crippen molar-refractivity contribution < 1.29 is 9.53 Å². The van der Waals surface area contributed by atoms with Crippen LogP contribution in [0.5, 0.6) is 0 Å². The van der Waals surface area contributed by atoms with Crippen molar-refractivity contribution in [1.29, 1.82) is 5.26 Å². The minimum absolute atomic E-state index is 0.362. The number of methoxy groups -OCH3 is 1. The summed E-state index contributed by atoms with van der Waals surface area (Å²) in [5.41, 5.74) is 1.76. The number of ether oxygens (including phenoxy) is 1. The number of fused-ring (bicyclic) bond motifs is 1. The second-order valence-corrected chi connectivity index (χ2v) is 5.44. The number of nitrogens with zero attached hydrogens (tertiary/aromatic N) is 4. The molecule has 0 N–H and O–H groups in total. The molecule has 126 valence electrons. The van der Waals surface area contributed by atoms with Gasteiger partial charge in [0.2, 0.25) is 0 Å². The molecule has 2 rings (SSSR count). The Hall–Kier alpha value is -2.68. The quantitative estimate of drug-likeness (QED) is 0.728. The summed E-state index contributed by atoms with van der Waals surface area (Å²) in [6, 6.07) is 9.46. The number of nitriles is 1. The third kappa shape index (κ3) is 3.62. The standard InChI is InChI=1S/C18H22N4O2/c1-4-6-11-22(5-2)17-16(13(12-19)18(23)24-3)20-14-9-7-8-10-15(14)21-17/h7-10,13H,4-6,11H2,1-3H3/t13-/m1/s1. The second-order valence-electron chi connectivity index (χ2n) is 5.44. The van der Waals surface area contributed by atoms with Gasteiger partial charge < -0.3 is 9.64 Å². The molecule has 6 nitrogen and oxygen atoms in total. The van der Waals surface area contributed by atoms with Crippen molar-refractivity contribution in [2.24, 2.45) is 0 Å². The lowest BCUT2D eigenvalue weighted by Crippen LogP contribution is -2.28. The van der Waals surface area contributed by atoms with E-state index in [9.17, 15) is 10.1 Å². The molecule has 0 aliphatic heterocycles.